The number of hydrogen-bond acceptors (Lipinski definition) is 5. The van der Waals surface area contributed by atoms with E-state index in [2.05, 4.69) is 9.97 Å². The van der Waals surface area contributed by atoms with Crippen LogP contribution in [0, 0.1) is 0 Å². The van der Waals surface area contributed by atoms with Gasteiger partial charge in [-0.3, -0.25) is 14.4 Å². The van der Waals surface area contributed by atoms with Gasteiger partial charge in [-0.1, -0.05) is 18.2 Å². The number of fused-ring (bicyclic) bond motifs is 1. The van der Waals surface area contributed by atoms with Gasteiger partial charge in [0.1, 0.15) is 12.3 Å². The Bertz CT molecular complexity index is 1120. The van der Waals surface area contributed by atoms with Crippen LogP contribution in [0.25, 0.3) is 10.9 Å². The molecule has 0 radical (unpaired) electrons. The van der Waals surface area contributed by atoms with Crippen LogP contribution in [0.5, 0.6) is 5.75 Å². The molecule has 0 bridgehead atoms. The molecule has 28 heavy (non-hydrogen) atoms. The summed E-state index contributed by atoms with van der Waals surface area (Å²) in [5.41, 5.74) is 0.778. The highest BCUT2D eigenvalue weighted by atomic mass is 16.5. The van der Waals surface area contributed by atoms with Gasteiger partial charge >= 0.3 is 0 Å². The number of piperazine rings is 1. The van der Waals surface area contributed by atoms with Crippen LogP contribution in [-0.2, 0) is 4.79 Å². The number of carbonyl (C=O) groups excluding carboxylic acids is 2. The van der Waals surface area contributed by atoms with Gasteiger partial charge in [-0.25, -0.2) is 4.98 Å². The van der Waals surface area contributed by atoms with E-state index in [1.807, 2.05) is 12.1 Å². The number of aromatic amines is 1. The lowest BCUT2D eigenvalue weighted by molar-refractivity contribution is -0.120. The molecule has 2 heterocycles. The maximum absolute atomic E-state index is 12.8. The third kappa shape index (κ3) is 3.20. The Morgan fingerprint density at radius 3 is 2.71 bits per heavy atom. The van der Waals surface area contributed by atoms with Crippen LogP contribution in [0.3, 0.4) is 0 Å². The van der Waals surface area contributed by atoms with Gasteiger partial charge in [-0.15, -0.1) is 0 Å². The topological polar surface area (TPSA) is 95.6 Å². The maximum atomic E-state index is 12.8. The minimum atomic E-state index is -0.471. The summed E-state index contributed by atoms with van der Waals surface area (Å²) >= 11 is 0. The maximum Gasteiger partial charge on any atom is 0.290 e. The van der Waals surface area contributed by atoms with Crippen molar-refractivity contribution in [2.24, 2.45) is 0 Å². The van der Waals surface area contributed by atoms with Crippen LogP contribution in [0.2, 0.25) is 0 Å². The Hall–Kier alpha value is -3.68. The second kappa shape index (κ2) is 7.15. The van der Waals surface area contributed by atoms with E-state index in [9.17, 15) is 14.4 Å². The molecule has 8 nitrogen and oxygen atoms in total. The highest BCUT2D eigenvalue weighted by molar-refractivity contribution is 6.01. The minimum Gasteiger partial charge on any atom is -0.497 e. The number of anilines is 1. The van der Waals surface area contributed by atoms with Crippen LogP contribution in [0.1, 0.15) is 10.6 Å². The number of nitrogens with one attached hydrogen (secondary N) is 1. The van der Waals surface area contributed by atoms with E-state index in [1.54, 1.807) is 48.4 Å². The largest absolute Gasteiger partial charge is 0.497 e. The zero-order chi connectivity index (χ0) is 19.7. The fourth-order valence-electron chi connectivity index (χ4n) is 3.24. The molecule has 0 atom stereocenters. The van der Waals surface area contributed by atoms with Crippen LogP contribution in [0.15, 0.2) is 53.3 Å². The van der Waals surface area contributed by atoms with Crippen LogP contribution in [-0.4, -0.2) is 53.4 Å². The molecule has 0 saturated carbocycles. The molecule has 2 amide bonds. The number of benzene rings is 2. The SMILES string of the molecule is COc1cccc(N2CCN(C(=O)c3nc4ccccc4c(=O)[nH]3)CC2=O)c1. The third-order valence-electron chi connectivity index (χ3n) is 4.69. The van der Waals surface area contributed by atoms with Gasteiger partial charge in [0.05, 0.1) is 18.0 Å². The Labute approximate surface area is 160 Å². The average Bonchev–Trinajstić information content (AvgIpc) is 2.73. The first kappa shape index (κ1) is 17.7. The Kier molecular flexibility index (Phi) is 4.52. The molecule has 0 spiro atoms. The number of para-hydroxylation sites is 1. The summed E-state index contributed by atoms with van der Waals surface area (Å²) in [7, 11) is 1.56. The molecule has 0 unspecified atom stereocenters. The quantitative estimate of drug-likeness (QED) is 0.744. The Morgan fingerprint density at radius 2 is 1.93 bits per heavy atom. The molecule has 1 saturated heterocycles. The molecule has 1 aliphatic rings. The van der Waals surface area contributed by atoms with Crippen LogP contribution in [0.4, 0.5) is 5.69 Å². The molecule has 0 aliphatic carbocycles. The molecule has 1 N–H and O–H groups in total. The highest BCUT2D eigenvalue weighted by Gasteiger charge is 2.30. The normalized spacial score (nSPS) is 14.4. The lowest BCUT2D eigenvalue weighted by atomic mass is 10.2. The molecular weight excluding hydrogens is 360 g/mol. The summed E-state index contributed by atoms with van der Waals surface area (Å²) in [5, 5.41) is 0.415. The first-order chi connectivity index (χ1) is 13.6. The predicted octanol–water partition coefficient (Wildman–Crippen LogP) is 1.42. The van der Waals surface area contributed by atoms with E-state index in [0.29, 0.717) is 35.4 Å². The Balaban J connectivity index is 1.55. The van der Waals surface area contributed by atoms with E-state index >= 15 is 0 Å². The number of hydrogen-bond donors (Lipinski definition) is 1. The van der Waals surface area contributed by atoms with Crippen molar-refractivity contribution in [2.75, 3.05) is 31.6 Å². The van der Waals surface area contributed by atoms with Crippen molar-refractivity contribution in [2.45, 2.75) is 0 Å². The smallest absolute Gasteiger partial charge is 0.290 e. The van der Waals surface area contributed by atoms with E-state index in [4.69, 9.17) is 4.74 Å². The minimum absolute atomic E-state index is 0.0636. The zero-order valence-electron chi connectivity index (χ0n) is 15.2. The van der Waals surface area contributed by atoms with Crippen molar-refractivity contribution >= 4 is 28.4 Å². The summed E-state index contributed by atoms with van der Waals surface area (Å²) in [4.78, 5) is 47.4. The van der Waals surface area contributed by atoms with Gasteiger partial charge in [-0.05, 0) is 24.3 Å². The molecule has 1 aromatic heterocycles. The number of amides is 2. The molecular formula is C20H18N4O4. The van der Waals surface area contributed by atoms with Crippen molar-refractivity contribution in [1.29, 1.82) is 0 Å². The number of rotatable bonds is 3. The van der Waals surface area contributed by atoms with Gasteiger partial charge in [0, 0.05) is 24.8 Å². The molecule has 3 aromatic rings. The van der Waals surface area contributed by atoms with Crippen molar-refractivity contribution in [3.8, 4) is 5.75 Å². The molecule has 142 valence electrons. The van der Waals surface area contributed by atoms with E-state index in [-0.39, 0.29) is 23.8 Å². The fourth-order valence-corrected chi connectivity index (χ4v) is 3.24. The molecule has 1 aliphatic heterocycles. The van der Waals surface area contributed by atoms with Crippen molar-refractivity contribution in [1.82, 2.24) is 14.9 Å². The van der Waals surface area contributed by atoms with Crippen molar-refractivity contribution in [3.05, 3.63) is 64.7 Å². The summed E-state index contributed by atoms with van der Waals surface area (Å²) in [6.07, 6.45) is 0. The third-order valence-corrected chi connectivity index (χ3v) is 4.69. The van der Waals surface area contributed by atoms with Crippen molar-refractivity contribution < 1.29 is 14.3 Å². The second-order valence-electron chi connectivity index (χ2n) is 6.41. The summed E-state index contributed by atoms with van der Waals surface area (Å²) in [6, 6.07) is 14.0. The first-order valence-electron chi connectivity index (χ1n) is 8.79. The first-order valence-corrected chi connectivity index (χ1v) is 8.79. The van der Waals surface area contributed by atoms with Gasteiger partial charge in [0.15, 0.2) is 5.82 Å². The van der Waals surface area contributed by atoms with Gasteiger partial charge in [-0.2, -0.15) is 0 Å². The van der Waals surface area contributed by atoms with E-state index in [1.165, 1.54) is 4.90 Å². The average molecular weight is 378 g/mol. The standard InChI is InChI=1S/C20H18N4O4/c1-28-14-6-4-5-13(11-14)24-10-9-23(12-17(24)25)20(27)18-21-16-8-3-2-7-15(16)19(26)22-18/h2-8,11H,9-10,12H2,1H3,(H,21,22,26). The van der Waals surface area contributed by atoms with E-state index in [0.717, 1.165) is 0 Å². The number of nitrogens with zero attached hydrogens (tertiary/aromatic N) is 3. The van der Waals surface area contributed by atoms with Gasteiger partial charge in [0.2, 0.25) is 5.91 Å². The van der Waals surface area contributed by atoms with Crippen LogP contribution < -0.4 is 15.2 Å². The highest BCUT2D eigenvalue weighted by Crippen LogP contribution is 2.23. The molecule has 1 fully saturated rings. The lowest BCUT2D eigenvalue weighted by Crippen LogP contribution is -2.52. The number of aromatic nitrogens is 2. The summed E-state index contributed by atoms with van der Waals surface area (Å²) in [6.45, 7) is 0.584. The van der Waals surface area contributed by atoms with Crippen molar-refractivity contribution in [3.63, 3.8) is 0 Å². The Morgan fingerprint density at radius 1 is 1.11 bits per heavy atom. The number of H-pyrrole nitrogens is 1. The second-order valence-corrected chi connectivity index (χ2v) is 6.41. The van der Waals surface area contributed by atoms with Gasteiger partial charge < -0.3 is 19.5 Å². The number of carbonyl (C=O) groups is 2. The number of methoxy groups -OCH3 is 1. The van der Waals surface area contributed by atoms with Gasteiger partial charge in [0.25, 0.3) is 11.5 Å². The molecule has 2 aromatic carbocycles. The molecule has 4 rings (SSSR count). The number of ether oxygens (including phenoxy) is 1. The van der Waals surface area contributed by atoms with Crippen LogP contribution >= 0.6 is 0 Å². The monoisotopic (exact) mass is 378 g/mol. The zero-order valence-corrected chi connectivity index (χ0v) is 15.2. The summed E-state index contributed by atoms with van der Waals surface area (Å²) < 4.78 is 5.20. The van der Waals surface area contributed by atoms with E-state index < -0.39 is 5.91 Å². The predicted molar refractivity (Wildman–Crippen MR) is 104 cm³/mol. The lowest BCUT2D eigenvalue weighted by Gasteiger charge is -2.34. The summed E-state index contributed by atoms with van der Waals surface area (Å²) in [5.74, 6) is -0.0921. The fraction of sp³-hybridized carbons (Fsp3) is 0.200. The molecule has 8 heteroatoms.